The first kappa shape index (κ1) is 13.2. The molecule has 2 atom stereocenters. The van der Waals surface area contributed by atoms with E-state index in [0.29, 0.717) is 12.0 Å². The molecule has 0 aliphatic heterocycles. The van der Waals surface area contributed by atoms with Crippen LogP contribution in [0.2, 0.25) is 0 Å². The van der Waals surface area contributed by atoms with Crippen LogP contribution < -0.4 is 5.32 Å². The van der Waals surface area contributed by atoms with Crippen LogP contribution in [0.3, 0.4) is 0 Å². The van der Waals surface area contributed by atoms with Crippen molar-refractivity contribution in [1.29, 1.82) is 0 Å². The summed E-state index contributed by atoms with van der Waals surface area (Å²) in [6.07, 6.45) is 1.87. The largest absolute Gasteiger partial charge is 0.301 e. The van der Waals surface area contributed by atoms with Crippen LogP contribution in [0.1, 0.15) is 43.4 Å². The van der Waals surface area contributed by atoms with Crippen molar-refractivity contribution in [2.45, 2.75) is 32.9 Å². The van der Waals surface area contributed by atoms with Crippen molar-refractivity contribution >= 4 is 11.3 Å². The van der Waals surface area contributed by atoms with Crippen molar-refractivity contribution in [3.05, 3.63) is 52.5 Å². The topological polar surface area (TPSA) is 24.9 Å². The molecule has 2 aromatic rings. The minimum Gasteiger partial charge on any atom is -0.301 e. The van der Waals surface area contributed by atoms with Crippen molar-refractivity contribution < 1.29 is 0 Å². The molecule has 1 aromatic carbocycles. The smallest absolute Gasteiger partial charge is 0.109 e. The van der Waals surface area contributed by atoms with E-state index in [1.165, 1.54) is 5.56 Å². The summed E-state index contributed by atoms with van der Waals surface area (Å²) in [6, 6.07) is 11.3. The number of benzene rings is 1. The molecule has 0 amide bonds. The van der Waals surface area contributed by atoms with Gasteiger partial charge in [0.05, 0.1) is 6.04 Å². The van der Waals surface area contributed by atoms with E-state index in [4.69, 9.17) is 0 Å². The summed E-state index contributed by atoms with van der Waals surface area (Å²) in [4.78, 5) is 4.38. The molecule has 0 spiro atoms. The molecule has 0 aliphatic rings. The number of rotatable bonds is 5. The number of nitrogens with one attached hydrogen (secondary N) is 1. The van der Waals surface area contributed by atoms with E-state index in [2.05, 4.69) is 61.4 Å². The fourth-order valence-corrected chi connectivity index (χ4v) is 2.78. The quantitative estimate of drug-likeness (QED) is 0.872. The van der Waals surface area contributed by atoms with E-state index in [0.717, 1.165) is 5.01 Å². The zero-order valence-corrected chi connectivity index (χ0v) is 11.9. The van der Waals surface area contributed by atoms with Gasteiger partial charge in [-0.1, -0.05) is 44.2 Å². The lowest BCUT2D eigenvalue weighted by molar-refractivity contribution is 0.374. The Bertz CT molecular complexity index is 451. The number of nitrogens with zero attached hydrogens (tertiary/aromatic N) is 1. The molecule has 3 heteroatoms. The van der Waals surface area contributed by atoms with Crippen LogP contribution in [0, 0.1) is 5.92 Å². The van der Waals surface area contributed by atoms with Gasteiger partial charge in [-0.2, -0.15) is 0 Å². The Balaban J connectivity index is 2.12. The van der Waals surface area contributed by atoms with Crippen LogP contribution in [0.5, 0.6) is 0 Å². The summed E-state index contributed by atoms with van der Waals surface area (Å²) in [7, 11) is 0. The first-order chi connectivity index (χ1) is 8.68. The Labute approximate surface area is 113 Å². The van der Waals surface area contributed by atoms with Crippen LogP contribution in [0.25, 0.3) is 0 Å². The molecule has 0 radical (unpaired) electrons. The van der Waals surface area contributed by atoms with Crippen molar-refractivity contribution in [2.24, 2.45) is 5.92 Å². The molecule has 0 saturated carbocycles. The number of hydrogen-bond donors (Lipinski definition) is 1. The van der Waals surface area contributed by atoms with E-state index in [1.54, 1.807) is 11.3 Å². The van der Waals surface area contributed by atoms with Gasteiger partial charge in [0.2, 0.25) is 0 Å². The molecule has 2 rings (SSSR count). The number of hydrogen-bond acceptors (Lipinski definition) is 3. The SMILES string of the molecule is CC(NC(c1ccccc1)C(C)C)c1nccs1. The Morgan fingerprint density at radius 1 is 1.11 bits per heavy atom. The predicted octanol–water partition coefficient (Wildman–Crippen LogP) is 4.19. The van der Waals surface area contributed by atoms with E-state index < -0.39 is 0 Å². The summed E-state index contributed by atoms with van der Waals surface area (Å²) in [6.45, 7) is 6.68. The lowest BCUT2D eigenvalue weighted by atomic mass is 9.95. The van der Waals surface area contributed by atoms with Gasteiger partial charge in [-0.05, 0) is 18.4 Å². The second kappa shape index (κ2) is 6.12. The third-order valence-electron chi connectivity index (χ3n) is 3.08. The average molecular weight is 260 g/mol. The third-order valence-corrected chi connectivity index (χ3v) is 4.04. The van der Waals surface area contributed by atoms with Crippen LogP contribution in [-0.2, 0) is 0 Å². The first-order valence-electron chi connectivity index (χ1n) is 6.39. The molecule has 1 N–H and O–H groups in total. The first-order valence-corrected chi connectivity index (χ1v) is 7.27. The molecule has 0 aliphatic carbocycles. The highest BCUT2D eigenvalue weighted by atomic mass is 32.1. The Kier molecular flexibility index (Phi) is 4.50. The summed E-state index contributed by atoms with van der Waals surface area (Å²) in [5, 5.41) is 6.86. The lowest BCUT2D eigenvalue weighted by Crippen LogP contribution is -2.28. The molecule has 2 unspecified atom stereocenters. The molecule has 0 fully saturated rings. The van der Waals surface area contributed by atoms with Gasteiger partial charge >= 0.3 is 0 Å². The standard InChI is InChI=1S/C15H20N2S/c1-11(2)14(13-7-5-4-6-8-13)17-12(3)15-16-9-10-18-15/h4-12,14,17H,1-3H3. The Morgan fingerprint density at radius 3 is 2.39 bits per heavy atom. The molecule has 2 nitrogen and oxygen atoms in total. The van der Waals surface area contributed by atoms with Gasteiger partial charge in [0.25, 0.3) is 0 Å². The van der Waals surface area contributed by atoms with Gasteiger partial charge in [-0.3, -0.25) is 0 Å². The second-order valence-electron chi connectivity index (χ2n) is 4.89. The zero-order chi connectivity index (χ0) is 13.0. The average Bonchev–Trinajstić information content (AvgIpc) is 2.90. The zero-order valence-electron chi connectivity index (χ0n) is 11.1. The van der Waals surface area contributed by atoms with E-state index in [1.807, 2.05) is 11.6 Å². The Morgan fingerprint density at radius 2 is 1.83 bits per heavy atom. The molecular formula is C15H20N2S. The highest BCUT2D eigenvalue weighted by Gasteiger charge is 2.19. The van der Waals surface area contributed by atoms with Crippen molar-refractivity contribution in [3.8, 4) is 0 Å². The fourth-order valence-electron chi connectivity index (χ4n) is 2.12. The predicted molar refractivity (Wildman–Crippen MR) is 77.7 cm³/mol. The van der Waals surface area contributed by atoms with Crippen molar-refractivity contribution in [2.75, 3.05) is 0 Å². The van der Waals surface area contributed by atoms with Gasteiger partial charge in [-0.25, -0.2) is 4.98 Å². The van der Waals surface area contributed by atoms with Gasteiger partial charge in [0.1, 0.15) is 5.01 Å². The van der Waals surface area contributed by atoms with E-state index in [-0.39, 0.29) is 6.04 Å². The molecule has 1 heterocycles. The second-order valence-corrected chi connectivity index (χ2v) is 5.82. The van der Waals surface area contributed by atoms with Crippen LogP contribution >= 0.6 is 11.3 Å². The molecule has 96 valence electrons. The summed E-state index contributed by atoms with van der Waals surface area (Å²) in [5.74, 6) is 0.551. The normalized spacial score (nSPS) is 14.7. The monoisotopic (exact) mass is 260 g/mol. The van der Waals surface area contributed by atoms with Crippen molar-refractivity contribution in [3.63, 3.8) is 0 Å². The minimum atomic E-state index is 0.289. The molecule has 18 heavy (non-hydrogen) atoms. The van der Waals surface area contributed by atoms with Crippen molar-refractivity contribution in [1.82, 2.24) is 10.3 Å². The summed E-state index contributed by atoms with van der Waals surface area (Å²) in [5.41, 5.74) is 1.34. The van der Waals surface area contributed by atoms with Crippen LogP contribution in [0.15, 0.2) is 41.9 Å². The highest BCUT2D eigenvalue weighted by molar-refractivity contribution is 7.09. The van der Waals surface area contributed by atoms with E-state index >= 15 is 0 Å². The summed E-state index contributed by atoms with van der Waals surface area (Å²) >= 11 is 1.71. The third kappa shape index (κ3) is 3.18. The highest BCUT2D eigenvalue weighted by Crippen LogP contribution is 2.26. The van der Waals surface area contributed by atoms with Gasteiger partial charge < -0.3 is 5.32 Å². The molecule has 1 aromatic heterocycles. The Hall–Kier alpha value is -1.19. The van der Waals surface area contributed by atoms with Gasteiger partial charge in [-0.15, -0.1) is 11.3 Å². The van der Waals surface area contributed by atoms with Crippen LogP contribution in [0.4, 0.5) is 0 Å². The van der Waals surface area contributed by atoms with E-state index in [9.17, 15) is 0 Å². The molecule has 0 saturated heterocycles. The molecule has 0 bridgehead atoms. The molecular weight excluding hydrogens is 240 g/mol. The minimum absolute atomic E-state index is 0.289. The van der Waals surface area contributed by atoms with Gasteiger partial charge in [0.15, 0.2) is 0 Å². The number of thiazole rings is 1. The van der Waals surface area contributed by atoms with Crippen LogP contribution in [-0.4, -0.2) is 4.98 Å². The maximum atomic E-state index is 4.38. The summed E-state index contributed by atoms with van der Waals surface area (Å²) < 4.78 is 0. The van der Waals surface area contributed by atoms with Gasteiger partial charge in [0, 0.05) is 17.6 Å². The maximum absolute atomic E-state index is 4.38. The lowest BCUT2D eigenvalue weighted by Gasteiger charge is -2.26. The maximum Gasteiger partial charge on any atom is 0.109 e. The fraction of sp³-hybridized carbons (Fsp3) is 0.400. The number of aromatic nitrogens is 1.